The Hall–Kier alpha value is -0.930. The highest BCUT2D eigenvalue weighted by Crippen LogP contribution is 2.18. The van der Waals surface area contributed by atoms with Gasteiger partial charge in [0.2, 0.25) is 0 Å². The highest BCUT2D eigenvalue weighted by atomic mass is 19.1. The first-order chi connectivity index (χ1) is 6.65. The van der Waals surface area contributed by atoms with E-state index in [-0.39, 0.29) is 12.4 Å². The van der Waals surface area contributed by atoms with Crippen LogP contribution in [-0.4, -0.2) is 18.3 Å². The average molecular weight is 198 g/mol. The van der Waals surface area contributed by atoms with E-state index in [0.717, 1.165) is 5.56 Å². The Kier molecular flexibility index (Phi) is 4.04. The van der Waals surface area contributed by atoms with E-state index in [2.05, 4.69) is 0 Å². The molecular formula is C11H15FO2. The van der Waals surface area contributed by atoms with E-state index in [4.69, 9.17) is 4.74 Å². The maximum atomic E-state index is 12.9. The lowest BCUT2D eigenvalue weighted by atomic mass is 10.0. The molecule has 0 aliphatic carbocycles. The number of aliphatic hydroxyl groups is 1. The number of hydrogen-bond acceptors (Lipinski definition) is 2. The summed E-state index contributed by atoms with van der Waals surface area (Å²) in [6.07, 6.45) is -0.745. The van der Waals surface area contributed by atoms with Crippen LogP contribution in [0.4, 0.5) is 4.39 Å². The normalized spacial score (nSPS) is 12.9. The van der Waals surface area contributed by atoms with Gasteiger partial charge in [-0.2, -0.15) is 0 Å². The van der Waals surface area contributed by atoms with E-state index in [9.17, 15) is 9.50 Å². The lowest BCUT2D eigenvalue weighted by molar-refractivity contribution is 0.0415. The van der Waals surface area contributed by atoms with Crippen molar-refractivity contribution in [1.29, 1.82) is 0 Å². The fourth-order valence-corrected chi connectivity index (χ4v) is 1.29. The summed E-state index contributed by atoms with van der Waals surface area (Å²) in [4.78, 5) is 0. The van der Waals surface area contributed by atoms with Crippen LogP contribution in [0.3, 0.4) is 0 Å². The summed E-state index contributed by atoms with van der Waals surface area (Å²) in [5.74, 6) is -0.332. The van der Waals surface area contributed by atoms with Gasteiger partial charge in [-0.15, -0.1) is 0 Å². The quantitative estimate of drug-likeness (QED) is 0.803. The lowest BCUT2D eigenvalue weighted by Gasteiger charge is -2.13. The zero-order valence-corrected chi connectivity index (χ0v) is 8.46. The molecule has 0 spiro atoms. The minimum atomic E-state index is -0.745. The number of aryl methyl sites for hydroxylation is 1. The van der Waals surface area contributed by atoms with Gasteiger partial charge in [-0.25, -0.2) is 4.39 Å². The number of ether oxygens (including phenoxy) is 1. The number of aliphatic hydroxyl groups excluding tert-OH is 1. The van der Waals surface area contributed by atoms with Crippen LogP contribution in [-0.2, 0) is 4.74 Å². The van der Waals surface area contributed by atoms with Gasteiger partial charge in [-0.1, -0.05) is 6.07 Å². The predicted octanol–water partition coefficient (Wildman–Crippen LogP) is 2.20. The van der Waals surface area contributed by atoms with Gasteiger partial charge >= 0.3 is 0 Å². The number of benzene rings is 1. The molecule has 0 fully saturated rings. The Balaban J connectivity index is 2.77. The number of halogens is 1. The van der Waals surface area contributed by atoms with Crippen LogP contribution in [0.1, 0.15) is 24.2 Å². The summed E-state index contributed by atoms with van der Waals surface area (Å²) in [5.41, 5.74) is 1.47. The molecule has 14 heavy (non-hydrogen) atoms. The topological polar surface area (TPSA) is 29.5 Å². The molecule has 0 aromatic heterocycles. The van der Waals surface area contributed by atoms with Crippen LogP contribution in [0.25, 0.3) is 0 Å². The maximum Gasteiger partial charge on any atom is 0.123 e. The molecular weight excluding hydrogens is 183 g/mol. The molecule has 1 atom stereocenters. The van der Waals surface area contributed by atoms with Crippen molar-refractivity contribution in [2.75, 3.05) is 13.2 Å². The molecule has 1 aromatic rings. The Labute approximate surface area is 83.3 Å². The summed E-state index contributed by atoms with van der Waals surface area (Å²) in [6, 6.07) is 4.38. The van der Waals surface area contributed by atoms with Gasteiger partial charge in [0.05, 0.1) is 6.61 Å². The van der Waals surface area contributed by atoms with Crippen LogP contribution in [0.5, 0.6) is 0 Å². The molecule has 0 aliphatic heterocycles. The second-order valence-corrected chi connectivity index (χ2v) is 3.18. The van der Waals surface area contributed by atoms with Gasteiger partial charge in [-0.3, -0.25) is 0 Å². The van der Waals surface area contributed by atoms with Gasteiger partial charge in [0, 0.05) is 6.61 Å². The van der Waals surface area contributed by atoms with E-state index < -0.39 is 6.10 Å². The third kappa shape index (κ3) is 2.79. The summed E-state index contributed by atoms with van der Waals surface area (Å²) in [5, 5.41) is 9.67. The molecule has 0 saturated heterocycles. The van der Waals surface area contributed by atoms with Gasteiger partial charge in [0.15, 0.2) is 0 Å². The minimum absolute atomic E-state index is 0.209. The lowest BCUT2D eigenvalue weighted by Crippen LogP contribution is -2.08. The van der Waals surface area contributed by atoms with Crippen LogP contribution < -0.4 is 0 Å². The summed E-state index contributed by atoms with van der Waals surface area (Å²) < 4.78 is 17.9. The Bertz CT molecular complexity index is 299. The van der Waals surface area contributed by atoms with Gasteiger partial charge < -0.3 is 9.84 Å². The highest BCUT2D eigenvalue weighted by Gasteiger charge is 2.10. The summed E-state index contributed by atoms with van der Waals surface area (Å²) in [7, 11) is 0. The SMILES string of the molecule is CCOCC(O)c1cc(F)ccc1C. The predicted molar refractivity (Wildman–Crippen MR) is 52.6 cm³/mol. The van der Waals surface area contributed by atoms with E-state index in [0.29, 0.717) is 12.2 Å². The Morgan fingerprint density at radius 3 is 2.86 bits per heavy atom. The Morgan fingerprint density at radius 2 is 2.21 bits per heavy atom. The molecule has 1 unspecified atom stereocenters. The fraction of sp³-hybridized carbons (Fsp3) is 0.455. The van der Waals surface area contributed by atoms with Crippen LogP contribution >= 0.6 is 0 Å². The monoisotopic (exact) mass is 198 g/mol. The third-order valence-electron chi connectivity index (χ3n) is 2.08. The van der Waals surface area contributed by atoms with Gasteiger partial charge in [0.25, 0.3) is 0 Å². The van der Waals surface area contributed by atoms with Gasteiger partial charge in [0.1, 0.15) is 11.9 Å². The summed E-state index contributed by atoms with van der Waals surface area (Å²) in [6.45, 7) is 4.45. The summed E-state index contributed by atoms with van der Waals surface area (Å²) >= 11 is 0. The molecule has 0 bridgehead atoms. The maximum absolute atomic E-state index is 12.9. The first-order valence-corrected chi connectivity index (χ1v) is 4.67. The van der Waals surface area contributed by atoms with E-state index >= 15 is 0 Å². The smallest absolute Gasteiger partial charge is 0.123 e. The molecule has 0 heterocycles. The van der Waals surface area contributed by atoms with Crippen LogP contribution in [0, 0.1) is 12.7 Å². The molecule has 0 aliphatic rings. The standard InChI is InChI=1S/C11H15FO2/c1-3-14-7-11(13)10-6-9(12)5-4-8(10)2/h4-6,11,13H,3,7H2,1-2H3. The minimum Gasteiger partial charge on any atom is -0.386 e. The Morgan fingerprint density at radius 1 is 1.50 bits per heavy atom. The zero-order chi connectivity index (χ0) is 10.6. The first kappa shape index (κ1) is 11.1. The van der Waals surface area contributed by atoms with Crippen molar-refractivity contribution in [3.8, 4) is 0 Å². The van der Waals surface area contributed by atoms with E-state index in [1.807, 2.05) is 13.8 Å². The van der Waals surface area contributed by atoms with Crippen molar-refractivity contribution in [3.63, 3.8) is 0 Å². The van der Waals surface area contributed by atoms with Crippen molar-refractivity contribution in [2.45, 2.75) is 20.0 Å². The molecule has 0 amide bonds. The molecule has 0 saturated carbocycles. The third-order valence-corrected chi connectivity index (χ3v) is 2.08. The van der Waals surface area contributed by atoms with Crippen LogP contribution in [0.15, 0.2) is 18.2 Å². The largest absolute Gasteiger partial charge is 0.386 e. The molecule has 0 radical (unpaired) electrons. The van der Waals surface area contributed by atoms with E-state index in [1.165, 1.54) is 12.1 Å². The van der Waals surface area contributed by atoms with Crippen molar-refractivity contribution in [1.82, 2.24) is 0 Å². The fourth-order valence-electron chi connectivity index (χ4n) is 1.29. The van der Waals surface area contributed by atoms with E-state index in [1.54, 1.807) is 6.07 Å². The highest BCUT2D eigenvalue weighted by molar-refractivity contribution is 5.28. The molecule has 3 heteroatoms. The second-order valence-electron chi connectivity index (χ2n) is 3.18. The van der Waals surface area contributed by atoms with Crippen LogP contribution in [0.2, 0.25) is 0 Å². The second kappa shape index (κ2) is 5.08. The zero-order valence-electron chi connectivity index (χ0n) is 8.46. The molecule has 2 nitrogen and oxygen atoms in total. The van der Waals surface area contributed by atoms with Crippen molar-refractivity contribution in [2.24, 2.45) is 0 Å². The van der Waals surface area contributed by atoms with Crippen molar-refractivity contribution < 1.29 is 14.2 Å². The first-order valence-electron chi connectivity index (χ1n) is 4.67. The molecule has 1 aromatic carbocycles. The number of hydrogen-bond donors (Lipinski definition) is 1. The molecule has 1 N–H and O–H groups in total. The number of rotatable bonds is 4. The average Bonchev–Trinajstić information content (AvgIpc) is 2.18. The van der Waals surface area contributed by atoms with Crippen molar-refractivity contribution in [3.05, 3.63) is 35.1 Å². The molecule has 1 rings (SSSR count). The van der Waals surface area contributed by atoms with Crippen molar-refractivity contribution >= 4 is 0 Å². The molecule has 78 valence electrons. The van der Waals surface area contributed by atoms with Gasteiger partial charge in [-0.05, 0) is 37.1 Å².